The van der Waals surface area contributed by atoms with E-state index in [-0.39, 0.29) is 5.41 Å². The molecule has 0 heterocycles. The van der Waals surface area contributed by atoms with E-state index in [0.29, 0.717) is 5.41 Å². The van der Waals surface area contributed by atoms with Gasteiger partial charge in [-0.3, -0.25) is 0 Å². The van der Waals surface area contributed by atoms with Crippen molar-refractivity contribution >= 4 is 0 Å². The number of hydrogen-bond donors (Lipinski definition) is 0. The normalized spacial score (nSPS) is 11.3. The molecular weight excluding hydrogens is 348 g/mol. The fourth-order valence-electron chi connectivity index (χ4n) is 2.98. The van der Waals surface area contributed by atoms with E-state index in [4.69, 9.17) is 14.2 Å². The summed E-state index contributed by atoms with van der Waals surface area (Å²) in [4.78, 5) is 0. The van der Waals surface area contributed by atoms with Crippen LogP contribution in [0.3, 0.4) is 0 Å². The van der Waals surface area contributed by atoms with Crippen LogP contribution in [-0.2, 0) is 12.8 Å². The second-order valence-corrected chi connectivity index (χ2v) is 9.55. The van der Waals surface area contributed by atoms with Crippen molar-refractivity contribution in [3.8, 4) is 17.2 Å². The molecule has 0 spiro atoms. The van der Waals surface area contributed by atoms with Crippen molar-refractivity contribution in [3.05, 3.63) is 53.6 Å². The molecule has 0 aliphatic heterocycles. The molecule has 0 radical (unpaired) electrons. The summed E-state index contributed by atoms with van der Waals surface area (Å²) in [6, 6.07) is 14.3. The minimum atomic E-state index is 0.275. The largest absolute Gasteiger partial charge is 0.497 e. The Labute approximate surface area is 172 Å². The molecule has 156 valence electrons. The first-order valence-corrected chi connectivity index (χ1v) is 9.80. The highest BCUT2D eigenvalue weighted by Gasteiger charge is 2.13. The van der Waals surface area contributed by atoms with Gasteiger partial charge >= 0.3 is 0 Å². The quantitative estimate of drug-likeness (QED) is 0.581. The van der Waals surface area contributed by atoms with Gasteiger partial charge in [-0.2, -0.15) is 0 Å². The molecule has 0 unspecified atom stereocenters. The number of rotatable bonds is 5. The fourth-order valence-corrected chi connectivity index (χ4v) is 2.98. The first kappa shape index (κ1) is 23.9. The molecule has 2 rings (SSSR count). The zero-order chi connectivity index (χ0) is 21.4. The van der Waals surface area contributed by atoms with Gasteiger partial charge in [0.25, 0.3) is 0 Å². The predicted molar refractivity (Wildman–Crippen MR) is 119 cm³/mol. The zero-order valence-electron chi connectivity index (χ0n) is 19.2. The van der Waals surface area contributed by atoms with Crippen LogP contribution in [0, 0.1) is 10.8 Å². The Kier molecular flexibility index (Phi) is 8.87. The Bertz CT molecular complexity index is 699. The molecule has 0 bridgehead atoms. The molecule has 3 heteroatoms. The third-order valence-corrected chi connectivity index (χ3v) is 4.01. The van der Waals surface area contributed by atoms with Gasteiger partial charge in [-0.1, -0.05) is 53.7 Å². The molecule has 28 heavy (non-hydrogen) atoms. The minimum absolute atomic E-state index is 0.275. The monoisotopic (exact) mass is 386 g/mol. The van der Waals surface area contributed by atoms with E-state index < -0.39 is 0 Å². The van der Waals surface area contributed by atoms with Crippen LogP contribution in [0.25, 0.3) is 0 Å². The van der Waals surface area contributed by atoms with E-state index in [1.54, 1.807) is 21.3 Å². The number of ether oxygens (including phenoxy) is 3. The van der Waals surface area contributed by atoms with Crippen LogP contribution in [0.1, 0.15) is 52.7 Å². The molecule has 0 saturated heterocycles. The number of methoxy groups -OCH3 is 3. The number of benzene rings is 2. The van der Waals surface area contributed by atoms with Crippen LogP contribution in [-0.4, -0.2) is 21.3 Å². The molecule has 2 aromatic carbocycles. The van der Waals surface area contributed by atoms with Gasteiger partial charge in [0.05, 0.1) is 21.3 Å². The average Bonchev–Trinajstić information content (AvgIpc) is 2.59. The summed E-state index contributed by atoms with van der Waals surface area (Å²) in [5, 5.41) is 0. The van der Waals surface area contributed by atoms with Crippen LogP contribution in [0.5, 0.6) is 17.2 Å². The van der Waals surface area contributed by atoms with E-state index >= 15 is 0 Å². The van der Waals surface area contributed by atoms with Crippen molar-refractivity contribution in [3.63, 3.8) is 0 Å². The maximum Gasteiger partial charge on any atom is 0.122 e. The molecule has 0 fully saturated rings. The first-order chi connectivity index (χ1) is 13.0. The van der Waals surface area contributed by atoms with E-state index in [2.05, 4.69) is 65.8 Å². The van der Waals surface area contributed by atoms with Crippen LogP contribution in [0.15, 0.2) is 42.5 Å². The highest BCUT2D eigenvalue weighted by Crippen LogP contribution is 2.27. The Balaban J connectivity index is 0.000000283. The highest BCUT2D eigenvalue weighted by atomic mass is 16.5. The molecule has 0 aliphatic rings. The van der Waals surface area contributed by atoms with Gasteiger partial charge in [-0.05, 0) is 59.1 Å². The Hall–Kier alpha value is -2.16. The third-order valence-electron chi connectivity index (χ3n) is 4.01. The first-order valence-electron chi connectivity index (χ1n) is 9.80. The Morgan fingerprint density at radius 3 is 1.43 bits per heavy atom. The summed E-state index contributed by atoms with van der Waals surface area (Å²) in [5.41, 5.74) is 3.20. The molecular formula is C25H38O3. The molecule has 0 aromatic heterocycles. The second kappa shape index (κ2) is 10.4. The lowest BCUT2D eigenvalue weighted by Crippen LogP contribution is -2.09. The van der Waals surface area contributed by atoms with Gasteiger partial charge in [0.1, 0.15) is 17.2 Å². The molecule has 0 amide bonds. The molecule has 2 aromatic rings. The lowest BCUT2D eigenvalue weighted by atomic mass is 9.88. The molecule has 0 atom stereocenters. The van der Waals surface area contributed by atoms with Crippen LogP contribution in [0.2, 0.25) is 0 Å². The van der Waals surface area contributed by atoms with Gasteiger partial charge in [-0.15, -0.1) is 0 Å². The summed E-state index contributed by atoms with van der Waals surface area (Å²) in [6.45, 7) is 13.4. The molecule has 0 saturated carbocycles. The standard InChI is InChI=1S/C13H20O2.C12H18O/c1-13(2,3)9-10-6-11(14-4)8-12(7-10)15-5;1-12(2,3)9-10-6-5-7-11(8-10)13-4/h6-8H,9H2,1-5H3;5-8H,9H2,1-4H3. The minimum Gasteiger partial charge on any atom is -0.497 e. The highest BCUT2D eigenvalue weighted by molar-refractivity contribution is 5.38. The van der Waals surface area contributed by atoms with Crippen molar-refractivity contribution in [1.29, 1.82) is 0 Å². The fraction of sp³-hybridized carbons (Fsp3) is 0.520. The Morgan fingerprint density at radius 2 is 1.00 bits per heavy atom. The van der Waals surface area contributed by atoms with E-state index in [9.17, 15) is 0 Å². The van der Waals surface area contributed by atoms with Crippen LogP contribution in [0.4, 0.5) is 0 Å². The van der Waals surface area contributed by atoms with E-state index in [1.807, 2.05) is 18.2 Å². The summed E-state index contributed by atoms with van der Waals surface area (Å²) < 4.78 is 15.6. The summed E-state index contributed by atoms with van der Waals surface area (Å²) in [5.74, 6) is 2.66. The molecule has 0 aliphatic carbocycles. The average molecular weight is 387 g/mol. The summed E-state index contributed by atoms with van der Waals surface area (Å²) >= 11 is 0. The van der Waals surface area contributed by atoms with Gasteiger partial charge in [0.2, 0.25) is 0 Å². The lowest BCUT2D eigenvalue weighted by molar-refractivity contribution is 0.385. The van der Waals surface area contributed by atoms with Crippen molar-refractivity contribution in [2.45, 2.75) is 54.4 Å². The van der Waals surface area contributed by atoms with Gasteiger partial charge in [-0.25, -0.2) is 0 Å². The lowest BCUT2D eigenvalue weighted by Gasteiger charge is -2.19. The van der Waals surface area contributed by atoms with Crippen LogP contribution < -0.4 is 14.2 Å². The smallest absolute Gasteiger partial charge is 0.122 e. The van der Waals surface area contributed by atoms with Gasteiger partial charge in [0, 0.05) is 6.07 Å². The number of hydrogen-bond acceptors (Lipinski definition) is 3. The van der Waals surface area contributed by atoms with Crippen molar-refractivity contribution < 1.29 is 14.2 Å². The predicted octanol–water partition coefficient (Wildman–Crippen LogP) is 6.58. The van der Waals surface area contributed by atoms with E-state index in [0.717, 1.165) is 30.1 Å². The topological polar surface area (TPSA) is 27.7 Å². The Morgan fingerprint density at radius 1 is 0.571 bits per heavy atom. The SMILES string of the molecule is COc1cc(CC(C)(C)C)cc(OC)c1.COc1cccc(CC(C)(C)C)c1. The summed E-state index contributed by atoms with van der Waals surface area (Å²) in [7, 11) is 5.06. The third kappa shape index (κ3) is 9.68. The van der Waals surface area contributed by atoms with E-state index in [1.165, 1.54) is 11.1 Å². The van der Waals surface area contributed by atoms with Crippen LogP contribution >= 0.6 is 0 Å². The summed E-state index contributed by atoms with van der Waals surface area (Å²) in [6.07, 6.45) is 2.10. The van der Waals surface area contributed by atoms with Crippen molar-refractivity contribution in [2.75, 3.05) is 21.3 Å². The van der Waals surface area contributed by atoms with Gasteiger partial charge in [0.15, 0.2) is 0 Å². The maximum absolute atomic E-state index is 5.23. The molecule has 3 nitrogen and oxygen atoms in total. The maximum atomic E-state index is 5.23. The van der Waals surface area contributed by atoms with Crippen molar-refractivity contribution in [2.24, 2.45) is 10.8 Å². The van der Waals surface area contributed by atoms with Crippen molar-refractivity contribution in [1.82, 2.24) is 0 Å². The van der Waals surface area contributed by atoms with Gasteiger partial charge < -0.3 is 14.2 Å². The molecule has 0 N–H and O–H groups in total. The zero-order valence-corrected chi connectivity index (χ0v) is 19.2. The second-order valence-electron chi connectivity index (χ2n) is 9.55.